The molecule has 2 atom stereocenters. The topological polar surface area (TPSA) is 108 Å². The third-order valence-electron chi connectivity index (χ3n) is 12.5. The van der Waals surface area contributed by atoms with E-state index in [1.54, 1.807) is 0 Å². The molecule has 0 rings (SSSR count). The van der Waals surface area contributed by atoms with E-state index in [9.17, 15) is 19.0 Å². The fourth-order valence-corrected chi connectivity index (χ4v) is 8.79. The molecule has 0 aliphatic carbocycles. The number of phosphoric ester groups is 1. The van der Waals surface area contributed by atoms with Crippen molar-refractivity contribution in [3.05, 3.63) is 60.8 Å². The van der Waals surface area contributed by atoms with Crippen LogP contribution in [0.2, 0.25) is 0 Å². The van der Waals surface area contributed by atoms with Gasteiger partial charge >= 0.3 is 19.8 Å². The molecule has 0 bridgehead atoms. The van der Waals surface area contributed by atoms with Crippen LogP contribution in [0.4, 0.5) is 0 Å². The van der Waals surface area contributed by atoms with Gasteiger partial charge in [-0.1, -0.05) is 235 Å². The maximum atomic E-state index is 12.8. The Kier molecular flexibility index (Phi) is 49.9. The number of hydrogen-bond donors (Lipinski definition) is 1. The average molecular weight is 1010 g/mol. The third-order valence-corrected chi connectivity index (χ3v) is 13.5. The molecule has 1 N–H and O–H groups in total. The van der Waals surface area contributed by atoms with Gasteiger partial charge in [0.1, 0.15) is 19.8 Å². The summed E-state index contributed by atoms with van der Waals surface area (Å²) in [6, 6.07) is 0. The van der Waals surface area contributed by atoms with E-state index in [0.717, 1.165) is 83.5 Å². The van der Waals surface area contributed by atoms with Crippen molar-refractivity contribution in [3.8, 4) is 0 Å². The lowest BCUT2D eigenvalue weighted by Crippen LogP contribution is -2.37. The normalized spacial score (nSPS) is 13.7. The van der Waals surface area contributed by atoms with Crippen LogP contribution in [0, 0.1) is 0 Å². The summed E-state index contributed by atoms with van der Waals surface area (Å²) in [6.07, 6.45) is 66.0. The second kappa shape index (κ2) is 51.6. The van der Waals surface area contributed by atoms with Crippen LogP contribution in [0.25, 0.3) is 0 Å². The van der Waals surface area contributed by atoms with Crippen LogP contribution in [-0.4, -0.2) is 74.9 Å². The fourth-order valence-electron chi connectivity index (χ4n) is 8.05. The molecule has 0 saturated heterocycles. The first-order chi connectivity index (χ1) is 34.0. The maximum Gasteiger partial charge on any atom is 0.472 e. The molecule has 2 unspecified atom stereocenters. The van der Waals surface area contributed by atoms with E-state index in [4.69, 9.17) is 18.5 Å². The van der Waals surface area contributed by atoms with Crippen LogP contribution in [-0.2, 0) is 32.7 Å². The Hall–Kier alpha value is -2.29. The lowest BCUT2D eigenvalue weighted by atomic mass is 10.0. The monoisotopic (exact) mass is 1000 g/mol. The lowest BCUT2D eigenvalue weighted by Gasteiger charge is -2.24. The molecule has 0 amide bonds. The van der Waals surface area contributed by atoms with E-state index in [1.807, 2.05) is 21.1 Å². The van der Waals surface area contributed by atoms with Gasteiger partial charge < -0.3 is 18.9 Å². The average Bonchev–Trinajstić information content (AvgIpc) is 3.32. The van der Waals surface area contributed by atoms with Crippen molar-refractivity contribution in [2.75, 3.05) is 47.5 Å². The highest BCUT2D eigenvalue weighted by Gasteiger charge is 2.27. The summed E-state index contributed by atoms with van der Waals surface area (Å²) >= 11 is 0. The van der Waals surface area contributed by atoms with Crippen molar-refractivity contribution in [3.63, 3.8) is 0 Å². The molecule has 10 heteroatoms. The molecule has 0 radical (unpaired) electrons. The quantitative estimate of drug-likeness (QED) is 0.0211. The van der Waals surface area contributed by atoms with E-state index in [2.05, 4.69) is 74.6 Å². The highest BCUT2D eigenvalue weighted by Crippen LogP contribution is 2.43. The molecule has 0 spiro atoms. The molecular formula is C60H111NO8P+. The summed E-state index contributed by atoms with van der Waals surface area (Å²) in [7, 11) is 1.48. The number of quaternary nitrogens is 1. The number of likely N-dealkylation sites (N-methyl/N-ethyl adjacent to an activating group) is 1. The SMILES string of the molecule is CC/C=C\C/C=C\C/C=C\C/C=C\CCCCCCCCCCCCCCCCCCCCCCCCC(=O)OC(COC(=O)CCCCCCC/C=C\CCCC)COP(=O)(O)OCC[N+](C)(C)C. The van der Waals surface area contributed by atoms with Gasteiger partial charge in [-0.3, -0.25) is 18.6 Å². The molecule has 0 heterocycles. The lowest BCUT2D eigenvalue weighted by molar-refractivity contribution is -0.870. The zero-order valence-electron chi connectivity index (χ0n) is 46.2. The minimum absolute atomic E-state index is 0.0310. The Morgan fingerprint density at radius 1 is 0.457 bits per heavy atom. The molecule has 0 aromatic rings. The summed E-state index contributed by atoms with van der Waals surface area (Å²) in [5, 5.41) is 0. The van der Waals surface area contributed by atoms with E-state index in [0.29, 0.717) is 17.4 Å². The third kappa shape index (κ3) is 55.0. The zero-order chi connectivity index (χ0) is 51.3. The van der Waals surface area contributed by atoms with Crippen molar-refractivity contribution in [1.82, 2.24) is 0 Å². The van der Waals surface area contributed by atoms with Crippen molar-refractivity contribution in [2.24, 2.45) is 0 Å². The smallest absolute Gasteiger partial charge is 0.462 e. The highest BCUT2D eigenvalue weighted by atomic mass is 31.2. The van der Waals surface area contributed by atoms with E-state index in [1.165, 1.54) is 141 Å². The molecule has 0 aromatic carbocycles. The largest absolute Gasteiger partial charge is 0.472 e. The van der Waals surface area contributed by atoms with Gasteiger partial charge in [-0.25, -0.2) is 4.57 Å². The van der Waals surface area contributed by atoms with Crippen LogP contribution in [0.5, 0.6) is 0 Å². The standard InChI is InChI=1S/C60H110NO8P/c1-6-8-10-12-14-16-18-19-20-21-22-23-24-25-26-27-28-29-30-31-32-33-34-35-36-37-38-39-40-41-43-45-47-49-51-53-60(63)69-58(57-68-70(64,65)67-55-54-61(3,4)5)56-66-59(62)52-50-48-46-44-42-17-15-13-11-9-7-2/h8,10,13-16,19-20,22-23,58H,6-7,9,11-12,17-18,21,24-57H2,1-5H3/p+1/b10-8-,15-13-,16-14-,20-19-,23-22-. The number of nitrogens with zero attached hydrogens (tertiary/aromatic N) is 1. The first kappa shape index (κ1) is 67.7. The van der Waals surface area contributed by atoms with Crippen LogP contribution >= 0.6 is 7.82 Å². The van der Waals surface area contributed by atoms with Crippen LogP contribution in [0.15, 0.2) is 60.8 Å². The van der Waals surface area contributed by atoms with Gasteiger partial charge in [0.05, 0.1) is 27.7 Å². The van der Waals surface area contributed by atoms with Crippen molar-refractivity contribution in [1.29, 1.82) is 0 Å². The summed E-state index contributed by atoms with van der Waals surface area (Å²) in [4.78, 5) is 35.5. The molecule has 0 aromatic heterocycles. The van der Waals surface area contributed by atoms with E-state index in [-0.39, 0.29) is 32.0 Å². The number of allylic oxidation sites excluding steroid dienone is 10. The maximum absolute atomic E-state index is 12.8. The van der Waals surface area contributed by atoms with Crippen molar-refractivity contribution in [2.45, 2.75) is 264 Å². The van der Waals surface area contributed by atoms with E-state index < -0.39 is 26.5 Å². The Morgan fingerprint density at radius 2 is 0.814 bits per heavy atom. The molecule has 70 heavy (non-hydrogen) atoms. The minimum atomic E-state index is -4.38. The molecule has 0 fully saturated rings. The van der Waals surface area contributed by atoms with Gasteiger partial charge in [0.25, 0.3) is 0 Å². The van der Waals surface area contributed by atoms with Crippen molar-refractivity contribution >= 4 is 19.8 Å². The summed E-state index contributed by atoms with van der Waals surface area (Å²) < 4.78 is 34.4. The highest BCUT2D eigenvalue weighted by molar-refractivity contribution is 7.47. The number of esters is 2. The first-order valence-corrected chi connectivity index (χ1v) is 30.5. The number of rotatable bonds is 53. The predicted molar refractivity (Wildman–Crippen MR) is 298 cm³/mol. The Labute approximate surface area is 432 Å². The van der Waals surface area contributed by atoms with Gasteiger partial charge in [0, 0.05) is 12.8 Å². The number of carbonyl (C=O) groups is 2. The number of hydrogen-bond acceptors (Lipinski definition) is 7. The first-order valence-electron chi connectivity index (χ1n) is 29.0. The molecule has 0 aliphatic rings. The second-order valence-electron chi connectivity index (χ2n) is 20.6. The number of carbonyl (C=O) groups excluding carboxylic acids is 2. The van der Waals surface area contributed by atoms with Crippen LogP contribution in [0.1, 0.15) is 258 Å². The Morgan fingerprint density at radius 3 is 1.23 bits per heavy atom. The molecule has 9 nitrogen and oxygen atoms in total. The molecule has 0 saturated carbocycles. The number of phosphoric acid groups is 1. The molecule has 0 aliphatic heterocycles. The summed E-state index contributed by atoms with van der Waals surface area (Å²) in [6.45, 7) is 4.29. The van der Waals surface area contributed by atoms with Crippen LogP contribution < -0.4 is 0 Å². The van der Waals surface area contributed by atoms with E-state index >= 15 is 0 Å². The van der Waals surface area contributed by atoms with Crippen molar-refractivity contribution < 1.29 is 42.1 Å². The van der Waals surface area contributed by atoms with Gasteiger partial charge in [-0.2, -0.15) is 0 Å². The summed E-state index contributed by atoms with van der Waals surface area (Å²) in [5.74, 6) is -0.801. The van der Waals surface area contributed by atoms with Gasteiger partial charge in [0.2, 0.25) is 0 Å². The Balaban J connectivity index is 3.93. The number of unbranched alkanes of at least 4 members (excludes halogenated alkanes) is 29. The van der Waals surface area contributed by atoms with Crippen LogP contribution in [0.3, 0.4) is 0 Å². The predicted octanol–water partition coefficient (Wildman–Crippen LogP) is 17.9. The summed E-state index contributed by atoms with van der Waals surface area (Å²) in [5.41, 5.74) is 0. The molecular weight excluding hydrogens is 894 g/mol. The second-order valence-corrected chi connectivity index (χ2v) is 22.1. The number of ether oxygens (including phenoxy) is 2. The van der Waals surface area contributed by atoms with Gasteiger partial charge in [-0.05, 0) is 70.6 Å². The minimum Gasteiger partial charge on any atom is -0.462 e. The van der Waals surface area contributed by atoms with Gasteiger partial charge in [-0.15, -0.1) is 0 Å². The Bertz CT molecular complexity index is 1370. The fraction of sp³-hybridized carbons (Fsp3) is 0.800. The van der Waals surface area contributed by atoms with Gasteiger partial charge in [0.15, 0.2) is 6.10 Å². The molecule has 408 valence electrons. The zero-order valence-corrected chi connectivity index (χ0v) is 47.1.